The molecule has 302 valence electrons. The van der Waals surface area contributed by atoms with E-state index >= 15 is 0 Å². The fraction of sp³-hybridized carbons (Fsp3) is 0.183. The molecule has 0 unspecified atom stereocenters. The molecule has 4 saturated carbocycles. The first-order valence-corrected chi connectivity index (χ1v) is 22.9. The summed E-state index contributed by atoms with van der Waals surface area (Å²) in [6, 6.07) is 73.9. The standard InChI is InChI=1S/C60H47N3/c1-4-17-42(18-5-1)56-61-57(63-58(62-56)51-27-15-19-41-16-10-11-26-50(41)51)45-21-14-20-43(37-45)44-30-31-54-55(38-44)59(46-22-6-2-7-23-46,47-24-8-3-9-25-47)52-28-12-13-29-53(52)60(54)48-33-39-32-40(35-48)36-49(60)34-39/h1-31,37-40,48-49H,32-36H2. The fourth-order valence-electron chi connectivity index (χ4n) is 13.4. The summed E-state index contributed by atoms with van der Waals surface area (Å²) in [5.74, 6) is 5.02. The van der Waals surface area contributed by atoms with Gasteiger partial charge in [-0.3, -0.25) is 0 Å². The van der Waals surface area contributed by atoms with Crippen molar-refractivity contribution in [1.29, 1.82) is 0 Å². The molecule has 0 saturated heterocycles. The highest BCUT2D eigenvalue weighted by Gasteiger charge is 2.63. The molecule has 14 rings (SSSR count). The van der Waals surface area contributed by atoms with Gasteiger partial charge in [0.25, 0.3) is 0 Å². The Balaban J connectivity index is 1.04. The predicted molar refractivity (Wildman–Crippen MR) is 255 cm³/mol. The average Bonchev–Trinajstić information content (AvgIpc) is 3.35. The van der Waals surface area contributed by atoms with Crippen LogP contribution in [0.5, 0.6) is 0 Å². The molecule has 1 spiro atoms. The largest absolute Gasteiger partial charge is 0.208 e. The third kappa shape index (κ3) is 5.48. The zero-order valence-electron chi connectivity index (χ0n) is 35.2. The Morgan fingerprint density at radius 3 is 1.57 bits per heavy atom. The van der Waals surface area contributed by atoms with E-state index in [1.807, 2.05) is 18.2 Å². The summed E-state index contributed by atoms with van der Waals surface area (Å²) in [6.45, 7) is 0. The Labute approximate surface area is 369 Å². The van der Waals surface area contributed by atoms with Gasteiger partial charge in [-0.25, -0.2) is 15.0 Å². The number of rotatable bonds is 6. The molecule has 0 radical (unpaired) electrons. The minimum atomic E-state index is -0.506. The zero-order valence-corrected chi connectivity index (χ0v) is 35.2. The Hall–Kier alpha value is -6.97. The number of hydrogen-bond donors (Lipinski definition) is 0. The number of fused-ring (bicyclic) bond motifs is 3. The average molecular weight is 810 g/mol. The molecule has 63 heavy (non-hydrogen) atoms. The van der Waals surface area contributed by atoms with Crippen LogP contribution in [0.25, 0.3) is 56.1 Å². The molecule has 3 heteroatoms. The van der Waals surface area contributed by atoms with Crippen LogP contribution in [0.3, 0.4) is 0 Å². The Bertz CT molecular complexity index is 3120. The van der Waals surface area contributed by atoms with Gasteiger partial charge in [-0.2, -0.15) is 0 Å². The zero-order chi connectivity index (χ0) is 41.5. The number of hydrogen-bond acceptors (Lipinski definition) is 3. The maximum atomic E-state index is 5.26. The second-order valence-corrected chi connectivity index (χ2v) is 18.7. The van der Waals surface area contributed by atoms with Crippen molar-refractivity contribution < 1.29 is 0 Å². The van der Waals surface area contributed by atoms with Gasteiger partial charge in [-0.05, 0) is 123 Å². The van der Waals surface area contributed by atoms with E-state index in [4.69, 9.17) is 15.0 Å². The molecular weight excluding hydrogens is 763 g/mol. The molecule has 0 aliphatic heterocycles. The lowest BCUT2D eigenvalue weighted by atomic mass is 9.38. The van der Waals surface area contributed by atoms with E-state index in [0.29, 0.717) is 29.3 Å². The van der Waals surface area contributed by atoms with Crippen LogP contribution in [0.2, 0.25) is 0 Å². The van der Waals surface area contributed by atoms with Gasteiger partial charge >= 0.3 is 0 Å². The van der Waals surface area contributed by atoms with Crippen molar-refractivity contribution in [1.82, 2.24) is 15.0 Å². The molecule has 0 amide bonds. The van der Waals surface area contributed by atoms with E-state index in [2.05, 4.69) is 182 Å². The lowest BCUT2D eigenvalue weighted by Crippen LogP contribution is -2.59. The second kappa shape index (κ2) is 14.3. The summed E-state index contributed by atoms with van der Waals surface area (Å²) in [7, 11) is 0. The summed E-state index contributed by atoms with van der Waals surface area (Å²) >= 11 is 0. The Morgan fingerprint density at radius 1 is 0.349 bits per heavy atom. The summed E-state index contributed by atoms with van der Waals surface area (Å²) in [5.41, 5.74) is 13.4. The first kappa shape index (κ1) is 36.7. The lowest BCUT2D eigenvalue weighted by molar-refractivity contribution is -0.0440. The van der Waals surface area contributed by atoms with Gasteiger partial charge in [0.1, 0.15) is 0 Å². The molecule has 4 bridgehead atoms. The van der Waals surface area contributed by atoms with Crippen LogP contribution >= 0.6 is 0 Å². The third-order valence-corrected chi connectivity index (χ3v) is 15.6. The molecule has 1 heterocycles. The molecule has 8 aromatic carbocycles. The van der Waals surface area contributed by atoms with E-state index in [0.717, 1.165) is 44.9 Å². The SMILES string of the molecule is c1ccc(-c2nc(-c3cccc(-c4ccc5c(c4)C(c4ccccc4)(c4ccccc4)c4ccccc4C54C5CC6CC(C5)CC4C6)c3)nc(-c3cccc4ccccc34)n2)cc1. The van der Waals surface area contributed by atoms with Crippen molar-refractivity contribution in [3.05, 3.63) is 234 Å². The summed E-state index contributed by atoms with van der Waals surface area (Å²) < 4.78 is 0. The van der Waals surface area contributed by atoms with Crippen LogP contribution in [0.15, 0.2) is 200 Å². The minimum Gasteiger partial charge on any atom is -0.208 e. The molecule has 3 nitrogen and oxygen atoms in total. The maximum Gasteiger partial charge on any atom is 0.164 e. The highest BCUT2D eigenvalue weighted by molar-refractivity contribution is 5.95. The molecule has 4 fully saturated rings. The van der Waals surface area contributed by atoms with Crippen LogP contribution in [-0.2, 0) is 10.8 Å². The van der Waals surface area contributed by atoms with Gasteiger partial charge in [-0.1, -0.05) is 188 Å². The smallest absolute Gasteiger partial charge is 0.164 e. The Kier molecular flexibility index (Phi) is 8.32. The van der Waals surface area contributed by atoms with Crippen LogP contribution < -0.4 is 0 Å². The first-order valence-electron chi connectivity index (χ1n) is 22.9. The normalized spacial score (nSPS) is 22.5. The van der Waals surface area contributed by atoms with Crippen molar-refractivity contribution in [3.63, 3.8) is 0 Å². The topological polar surface area (TPSA) is 38.7 Å². The lowest BCUT2D eigenvalue weighted by Gasteiger charge is -2.65. The van der Waals surface area contributed by atoms with Crippen molar-refractivity contribution in [2.24, 2.45) is 23.7 Å². The summed E-state index contributed by atoms with van der Waals surface area (Å²) in [5, 5.41) is 2.28. The van der Waals surface area contributed by atoms with Crippen LogP contribution in [0, 0.1) is 23.7 Å². The highest BCUT2D eigenvalue weighted by atomic mass is 15.0. The van der Waals surface area contributed by atoms with Crippen LogP contribution in [0.1, 0.15) is 65.5 Å². The van der Waals surface area contributed by atoms with Crippen LogP contribution in [-0.4, -0.2) is 15.0 Å². The van der Waals surface area contributed by atoms with Gasteiger partial charge < -0.3 is 0 Å². The van der Waals surface area contributed by atoms with Crippen molar-refractivity contribution in [2.45, 2.75) is 42.9 Å². The van der Waals surface area contributed by atoms with Gasteiger partial charge in [0.2, 0.25) is 0 Å². The quantitative estimate of drug-likeness (QED) is 0.168. The van der Waals surface area contributed by atoms with Gasteiger partial charge in [0.15, 0.2) is 17.5 Å². The molecule has 5 aliphatic rings. The number of nitrogens with zero attached hydrogens (tertiary/aromatic N) is 3. The number of aromatic nitrogens is 3. The fourth-order valence-corrected chi connectivity index (χ4v) is 13.4. The van der Waals surface area contributed by atoms with E-state index in [9.17, 15) is 0 Å². The second-order valence-electron chi connectivity index (χ2n) is 18.7. The Morgan fingerprint density at radius 2 is 0.857 bits per heavy atom. The van der Waals surface area contributed by atoms with E-state index < -0.39 is 5.41 Å². The highest BCUT2D eigenvalue weighted by Crippen LogP contribution is 2.70. The molecule has 9 aromatic rings. The number of benzene rings is 8. The van der Waals surface area contributed by atoms with Gasteiger partial charge in [0.05, 0.1) is 5.41 Å². The molecule has 0 atom stereocenters. The van der Waals surface area contributed by atoms with Crippen molar-refractivity contribution in [2.75, 3.05) is 0 Å². The van der Waals surface area contributed by atoms with Crippen LogP contribution in [0.4, 0.5) is 0 Å². The maximum absolute atomic E-state index is 5.26. The minimum absolute atomic E-state index is 0.0104. The van der Waals surface area contributed by atoms with Gasteiger partial charge in [0, 0.05) is 22.1 Å². The van der Waals surface area contributed by atoms with Crippen molar-refractivity contribution in [3.8, 4) is 45.3 Å². The van der Waals surface area contributed by atoms with Crippen molar-refractivity contribution >= 4 is 10.8 Å². The first-order chi connectivity index (χ1) is 31.2. The molecular formula is C60H47N3. The molecule has 5 aliphatic carbocycles. The monoisotopic (exact) mass is 809 g/mol. The summed E-state index contributed by atoms with van der Waals surface area (Å²) in [6.07, 6.45) is 6.79. The third-order valence-electron chi connectivity index (χ3n) is 15.6. The molecule has 1 aromatic heterocycles. The predicted octanol–water partition coefficient (Wildman–Crippen LogP) is 14.1. The van der Waals surface area contributed by atoms with Gasteiger partial charge in [-0.15, -0.1) is 0 Å². The summed E-state index contributed by atoms with van der Waals surface area (Å²) in [4.78, 5) is 15.6. The molecule has 0 N–H and O–H groups in total. The van der Waals surface area contributed by atoms with E-state index in [1.165, 1.54) is 59.9 Å². The van der Waals surface area contributed by atoms with E-state index in [-0.39, 0.29) is 5.41 Å². The van der Waals surface area contributed by atoms with E-state index in [1.54, 1.807) is 11.1 Å².